The maximum absolute atomic E-state index is 13.3. The predicted molar refractivity (Wildman–Crippen MR) is 75.2 cm³/mol. The summed E-state index contributed by atoms with van der Waals surface area (Å²) < 4.78 is 31.7. The first-order valence-corrected chi connectivity index (χ1v) is 7.49. The molecule has 1 aliphatic carbocycles. The van der Waals surface area contributed by atoms with Crippen LogP contribution in [0.4, 0.5) is 8.78 Å². The van der Waals surface area contributed by atoms with E-state index in [1.165, 1.54) is 12.1 Å². The summed E-state index contributed by atoms with van der Waals surface area (Å²) in [6.07, 6.45) is 0.304. The molecule has 6 heteroatoms. The summed E-state index contributed by atoms with van der Waals surface area (Å²) in [7, 11) is 0. The van der Waals surface area contributed by atoms with Crippen molar-refractivity contribution in [1.82, 2.24) is 4.90 Å². The molecule has 1 aromatic rings. The lowest BCUT2D eigenvalue weighted by Gasteiger charge is -2.37. The highest BCUT2D eigenvalue weighted by atomic mass is 19.2. The lowest BCUT2D eigenvalue weighted by Crippen LogP contribution is -2.52. The number of amides is 1. The fourth-order valence-electron chi connectivity index (χ4n) is 3.03. The van der Waals surface area contributed by atoms with Crippen molar-refractivity contribution in [3.05, 3.63) is 35.4 Å². The second-order valence-electron chi connectivity index (χ2n) is 6.10. The normalized spacial score (nSPS) is 31.2. The molecule has 22 heavy (non-hydrogen) atoms. The summed E-state index contributed by atoms with van der Waals surface area (Å²) in [6.45, 7) is 2.56. The summed E-state index contributed by atoms with van der Waals surface area (Å²) >= 11 is 0. The Morgan fingerprint density at radius 3 is 2.86 bits per heavy atom. The van der Waals surface area contributed by atoms with E-state index < -0.39 is 11.6 Å². The summed E-state index contributed by atoms with van der Waals surface area (Å²) in [5.41, 5.74) is 0.664. The zero-order valence-electron chi connectivity index (χ0n) is 12.3. The number of rotatable bonds is 3. The van der Waals surface area contributed by atoms with Gasteiger partial charge in [-0.05, 0) is 37.0 Å². The first-order chi connectivity index (χ1) is 10.5. The van der Waals surface area contributed by atoms with Crippen molar-refractivity contribution in [3.8, 4) is 0 Å². The van der Waals surface area contributed by atoms with E-state index in [1.807, 2.05) is 6.92 Å². The highest BCUT2D eigenvalue weighted by molar-refractivity contribution is 5.83. The maximum atomic E-state index is 13.3. The Bertz CT molecular complexity index is 581. The van der Waals surface area contributed by atoms with E-state index in [2.05, 4.69) is 0 Å². The van der Waals surface area contributed by atoms with E-state index in [9.17, 15) is 18.7 Å². The minimum Gasteiger partial charge on any atom is -0.394 e. The second kappa shape index (κ2) is 5.93. The third-order valence-electron chi connectivity index (χ3n) is 4.47. The van der Waals surface area contributed by atoms with Crippen LogP contribution < -0.4 is 0 Å². The van der Waals surface area contributed by atoms with Crippen molar-refractivity contribution < 1.29 is 23.4 Å². The highest BCUT2D eigenvalue weighted by Crippen LogP contribution is 2.49. The Kier molecular flexibility index (Phi) is 4.14. The molecule has 0 spiro atoms. The SMILES string of the molecule is CC1COC(CO)CN1C(=O)C1CC1c1ccc(F)c(F)c1. The Labute approximate surface area is 127 Å². The van der Waals surface area contributed by atoms with Gasteiger partial charge < -0.3 is 14.7 Å². The van der Waals surface area contributed by atoms with Crippen molar-refractivity contribution in [2.24, 2.45) is 5.92 Å². The fourth-order valence-corrected chi connectivity index (χ4v) is 3.03. The third-order valence-corrected chi connectivity index (χ3v) is 4.47. The van der Waals surface area contributed by atoms with Crippen LogP contribution in [0.15, 0.2) is 18.2 Å². The molecular formula is C16H19F2NO3. The van der Waals surface area contributed by atoms with E-state index in [0.717, 1.165) is 6.07 Å². The highest BCUT2D eigenvalue weighted by Gasteiger charge is 2.47. The van der Waals surface area contributed by atoms with Gasteiger partial charge in [-0.15, -0.1) is 0 Å². The van der Waals surface area contributed by atoms with Crippen LogP contribution in [0.1, 0.15) is 24.8 Å². The van der Waals surface area contributed by atoms with E-state index in [0.29, 0.717) is 25.1 Å². The molecule has 2 fully saturated rings. The van der Waals surface area contributed by atoms with Crippen LogP contribution in [0.2, 0.25) is 0 Å². The molecule has 0 aromatic heterocycles. The molecule has 0 bridgehead atoms. The monoisotopic (exact) mass is 311 g/mol. The maximum Gasteiger partial charge on any atom is 0.226 e. The van der Waals surface area contributed by atoms with Gasteiger partial charge in [-0.3, -0.25) is 4.79 Å². The number of benzene rings is 1. The number of morpholine rings is 1. The van der Waals surface area contributed by atoms with Crippen LogP contribution in [0, 0.1) is 17.6 Å². The quantitative estimate of drug-likeness (QED) is 0.924. The van der Waals surface area contributed by atoms with Crippen molar-refractivity contribution in [1.29, 1.82) is 0 Å². The van der Waals surface area contributed by atoms with Crippen LogP contribution in [-0.2, 0) is 9.53 Å². The number of nitrogens with zero attached hydrogens (tertiary/aromatic N) is 1. The molecule has 1 saturated heterocycles. The van der Waals surface area contributed by atoms with Crippen LogP contribution in [0.3, 0.4) is 0 Å². The zero-order valence-corrected chi connectivity index (χ0v) is 12.3. The first kappa shape index (κ1) is 15.4. The van der Waals surface area contributed by atoms with Gasteiger partial charge in [0.1, 0.15) is 0 Å². The van der Waals surface area contributed by atoms with Gasteiger partial charge in [-0.1, -0.05) is 6.07 Å². The lowest BCUT2D eigenvalue weighted by atomic mass is 10.1. The van der Waals surface area contributed by atoms with Gasteiger partial charge >= 0.3 is 0 Å². The van der Waals surface area contributed by atoms with Gasteiger partial charge in [0, 0.05) is 12.5 Å². The molecule has 1 aliphatic heterocycles. The number of halogens is 2. The number of hydrogen-bond acceptors (Lipinski definition) is 3. The van der Waals surface area contributed by atoms with Crippen molar-refractivity contribution >= 4 is 5.91 Å². The predicted octanol–water partition coefficient (Wildman–Crippen LogP) is 1.68. The molecule has 1 heterocycles. The zero-order chi connectivity index (χ0) is 15.9. The van der Waals surface area contributed by atoms with E-state index in [4.69, 9.17) is 4.74 Å². The topological polar surface area (TPSA) is 49.8 Å². The third kappa shape index (κ3) is 2.85. The van der Waals surface area contributed by atoms with Gasteiger partial charge in [-0.2, -0.15) is 0 Å². The second-order valence-corrected chi connectivity index (χ2v) is 6.10. The summed E-state index contributed by atoms with van der Waals surface area (Å²) in [4.78, 5) is 14.3. The molecular weight excluding hydrogens is 292 g/mol. The van der Waals surface area contributed by atoms with E-state index in [-0.39, 0.29) is 36.5 Å². The summed E-state index contributed by atoms with van der Waals surface area (Å²) in [6, 6.07) is 3.77. The number of aliphatic hydroxyl groups is 1. The molecule has 4 nitrogen and oxygen atoms in total. The molecule has 0 radical (unpaired) electrons. The first-order valence-electron chi connectivity index (χ1n) is 7.49. The van der Waals surface area contributed by atoms with Gasteiger partial charge in [0.05, 0.1) is 25.4 Å². The van der Waals surface area contributed by atoms with E-state index >= 15 is 0 Å². The van der Waals surface area contributed by atoms with Crippen molar-refractivity contribution in [2.45, 2.75) is 31.4 Å². The van der Waals surface area contributed by atoms with Gasteiger partial charge in [-0.25, -0.2) is 8.78 Å². The fraction of sp³-hybridized carbons (Fsp3) is 0.562. The lowest BCUT2D eigenvalue weighted by molar-refractivity contribution is -0.147. The van der Waals surface area contributed by atoms with Crippen LogP contribution in [-0.4, -0.2) is 47.8 Å². The summed E-state index contributed by atoms with van der Waals surface area (Å²) in [5.74, 6) is -1.99. The average Bonchev–Trinajstić information content (AvgIpc) is 3.30. The Morgan fingerprint density at radius 1 is 1.41 bits per heavy atom. The Hall–Kier alpha value is -1.53. The van der Waals surface area contributed by atoms with Crippen molar-refractivity contribution in [2.75, 3.05) is 19.8 Å². The molecule has 1 N–H and O–H groups in total. The minimum atomic E-state index is -0.879. The molecule has 3 rings (SSSR count). The standard InChI is InChI=1S/C16H19F2NO3/c1-9-8-22-11(7-20)6-19(9)16(21)13-5-12(13)10-2-3-14(17)15(18)4-10/h2-4,9,11-13,20H,5-8H2,1H3. The Balaban J connectivity index is 1.68. The van der Waals surface area contributed by atoms with Gasteiger partial charge in [0.25, 0.3) is 0 Å². The van der Waals surface area contributed by atoms with Gasteiger partial charge in [0.15, 0.2) is 11.6 Å². The molecule has 1 amide bonds. The number of ether oxygens (including phenoxy) is 1. The Morgan fingerprint density at radius 2 is 2.18 bits per heavy atom. The van der Waals surface area contributed by atoms with Crippen LogP contribution in [0.25, 0.3) is 0 Å². The van der Waals surface area contributed by atoms with Crippen molar-refractivity contribution in [3.63, 3.8) is 0 Å². The largest absolute Gasteiger partial charge is 0.394 e. The smallest absolute Gasteiger partial charge is 0.226 e. The minimum absolute atomic E-state index is 0.00369. The average molecular weight is 311 g/mol. The van der Waals surface area contributed by atoms with Gasteiger partial charge in [0.2, 0.25) is 5.91 Å². The number of carbonyl (C=O) groups is 1. The number of aliphatic hydroxyl groups excluding tert-OH is 1. The number of hydrogen-bond donors (Lipinski definition) is 1. The molecule has 4 unspecified atom stereocenters. The van der Waals surface area contributed by atoms with Crippen LogP contribution >= 0.6 is 0 Å². The van der Waals surface area contributed by atoms with E-state index in [1.54, 1.807) is 4.90 Å². The molecule has 1 saturated carbocycles. The number of carbonyl (C=O) groups excluding carboxylic acids is 1. The molecule has 2 aliphatic rings. The molecule has 4 atom stereocenters. The summed E-state index contributed by atoms with van der Waals surface area (Å²) in [5, 5.41) is 9.18. The van der Waals surface area contributed by atoms with Crippen LogP contribution in [0.5, 0.6) is 0 Å². The molecule has 1 aromatic carbocycles. The molecule has 120 valence electrons.